The molecule has 2 nitrogen and oxygen atoms in total. The molecule has 1 aliphatic heterocycles. The Balaban J connectivity index is 2.32. The van der Waals surface area contributed by atoms with E-state index in [-0.39, 0.29) is 11.3 Å². The molecule has 15 heavy (non-hydrogen) atoms. The third-order valence-electron chi connectivity index (χ3n) is 2.28. The van der Waals surface area contributed by atoms with Crippen molar-refractivity contribution < 1.29 is 4.79 Å². The van der Waals surface area contributed by atoms with Gasteiger partial charge in [0, 0.05) is 15.9 Å². The molecular formula is C11H10BrNOS. The maximum absolute atomic E-state index is 11.7. The highest BCUT2D eigenvalue weighted by atomic mass is 79.9. The summed E-state index contributed by atoms with van der Waals surface area (Å²) in [6.07, 6.45) is 1.82. The zero-order valence-electron chi connectivity index (χ0n) is 8.02. The summed E-state index contributed by atoms with van der Waals surface area (Å²) in [5, 5.41) is 0.0993. The van der Waals surface area contributed by atoms with Crippen LogP contribution in [-0.2, 0) is 0 Å². The van der Waals surface area contributed by atoms with Gasteiger partial charge in [0.1, 0.15) is 0 Å². The topological polar surface area (TPSA) is 20.3 Å². The smallest absolute Gasteiger partial charge is 0.286 e. The van der Waals surface area contributed by atoms with Crippen molar-refractivity contribution in [1.29, 1.82) is 0 Å². The van der Waals surface area contributed by atoms with Crippen LogP contribution < -0.4 is 4.90 Å². The number of benzene rings is 1. The first-order valence-electron chi connectivity index (χ1n) is 4.56. The van der Waals surface area contributed by atoms with E-state index >= 15 is 0 Å². The fourth-order valence-corrected chi connectivity index (χ4v) is 2.75. The van der Waals surface area contributed by atoms with Gasteiger partial charge in [-0.05, 0) is 24.3 Å². The molecule has 1 aliphatic rings. The van der Waals surface area contributed by atoms with Gasteiger partial charge in [-0.15, -0.1) is 6.58 Å². The van der Waals surface area contributed by atoms with Gasteiger partial charge in [-0.2, -0.15) is 0 Å². The quantitative estimate of drug-likeness (QED) is 0.772. The average Bonchev–Trinajstić information content (AvgIpc) is 2.61. The largest absolute Gasteiger partial charge is 0.296 e. The van der Waals surface area contributed by atoms with Crippen LogP contribution in [0.3, 0.4) is 0 Å². The van der Waals surface area contributed by atoms with Gasteiger partial charge in [0.05, 0.1) is 6.04 Å². The van der Waals surface area contributed by atoms with Gasteiger partial charge in [0.15, 0.2) is 0 Å². The van der Waals surface area contributed by atoms with E-state index in [0.717, 1.165) is 15.9 Å². The first-order chi connectivity index (χ1) is 7.22. The maximum Gasteiger partial charge on any atom is 0.286 e. The summed E-state index contributed by atoms with van der Waals surface area (Å²) >= 11 is 4.71. The van der Waals surface area contributed by atoms with Gasteiger partial charge >= 0.3 is 0 Å². The van der Waals surface area contributed by atoms with Crippen LogP contribution in [0.15, 0.2) is 41.4 Å². The SMILES string of the molecule is C=CC1CSC(=O)N1c1ccc(Br)cc1. The normalized spacial score (nSPS) is 20.7. The molecule has 1 aromatic rings. The van der Waals surface area contributed by atoms with Crippen molar-refractivity contribution in [2.45, 2.75) is 6.04 Å². The minimum absolute atomic E-state index is 0.0993. The van der Waals surface area contributed by atoms with Crippen LogP contribution in [-0.4, -0.2) is 17.0 Å². The Morgan fingerprint density at radius 3 is 2.73 bits per heavy atom. The molecule has 4 heteroatoms. The molecule has 1 amide bonds. The van der Waals surface area contributed by atoms with E-state index in [4.69, 9.17) is 0 Å². The van der Waals surface area contributed by atoms with Crippen molar-refractivity contribution in [3.63, 3.8) is 0 Å². The standard InChI is InChI=1S/C11H10BrNOS/c1-2-9-7-15-11(14)13(9)10-5-3-8(12)4-6-10/h2-6,9H,1,7H2. The highest BCUT2D eigenvalue weighted by Gasteiger charge is 2.30. The zero-order chi connectivity index (χ0) is 10.8. The molecule has 0 radical (unpaired) electrons. The van der Waals surface area contributed by atoms with Gasteiger partial charge in [-0.3, -0.25) is 9.69 Å². The van der Waals surface area contributed by atoms with E-state index < -0.39 is 0 Å². The van der Waals surface area contributed by atoms with Crippen LogP contribution in [0.25, 0.3) is 0 Å². The fraction of sp³-hybridized carbons (Fsp3) is 0.182. The molecule has 78 valence electrons. The summed E-state index contributed by atoms with van der Waals surface area (Å²) in [4.78, 5) is 13.4. The third kappa shape index (κ3) is 2.11. The van der Waals surface area contributed by atoms with Crippen LogP contribution in [0.1, 0.15) is 0 Å². The molecule has 1 saturated heterocycles. The summed E-state index contributed by atoms with van der Waals surface area (Å²) < 4.78 is 1.01. The van der Waals surface area contributed by atoms with Crippen molar-refractivity contribution in [3.05, 3.63) is 41.4 Å². The zero-order valence-corrected chi connectivity index (χ0v) is 10.4. The Morgan fingerprint density at radius 2 is 2.13 bits per heavy atom. The summed E-state index contributed by atoms with van der Waals surface area (Å²) in [6, 6.07) is 7.86. The lowest BCUT2D eigenvalue weighted by Crippen LogP contribution is -2.31. The highest BCUT2D eigenvalue weighted by Crippen LogP contribution is 2.31. The summed E-state index contributed by atoms with van der Waals surface area (Å²) in [7, 11) is 0. The van der Waals surface area contributed by atoms with E-state index in [9.17, 15) is 4.79 Å². The third-order valence-corrected chi connectivity index (χ3v) is 3.76. The van der Waals surface area contributed by atoms with Crippen molar-refractivity contribution in [3.8, 4) is 0 Å². The Labute approximate surface area is 101 Å². The van der Waals surface area contributed by atoms with Crippen molar-refractivity contribution >= 4 is 38.6 Å². The molecule has 0 aromatic heterocycles. The van der Waals surface area contributed by atoms with Crippen molar-refractivity contribution in [1.82, 2.24) is 0 Å². The second-order valence-corrected chi connectivity index (χ2v) is 5.11. The highest BCUT2D eigenvalue weighted by molar-refractivity contribution is 9.10. The predicted molar refractivity (Wildman–Crippen MR) is 68.5 cm³/mol. The molecule has 0 aliphatic carbocycles. The van der Waals surface area contributed by atoms with Crippen LogP contribution in [0.5, 0.6) is 0 Å². The molecule has 1 atom stereocenters. The lowest BCUT2D eigenvalue weighted by atomic mass is 10.2. The molecule has 1 heterocycles. The molecule has 1 aromatic carbocycles. The molecule has 0 spiro atoms. The molecule has 1 unspecified atom stereocenters. The minimum atomic E-state index is 0.0993. The van der Waals surface area contributed by atoms with E-state index in [1.54, 1.807) is 4.90 Å². The number of hydrogen-bond acceptors (Lipinski definition) is 2. The fourth-order valence-electron chi connectivity index (χ4n) is 1.51. The van der Waals surface area contributed by atoms with E-state index in [0.29, 0.717) is 0 Å². The number of rotatable bonds is 2. The number of amides is 1. The lowest BCUT2D eigenvalue weighted by Gasteiger charge is -2.20. The maximum atomic E-state index is 11.7. The number of carbonyl (C=O) groups excluding carboxylic acids is 1. The Morgan fingerprint density at radius 1 is 1.47 bits per heavy atom. The summed E-state index contributed by atoms with van der Waals surface area (Å²) in [5.41, 5.74) is 0.929. The molecule has 1 fully saturated rings. The van der Waals surface area contributed by atoms with Crippen molar-refractivity contribution in [2.75, 3.05) is 10.7 Å². The van der Waals surface area contributed by atoms with Gasteiger partial charge in [-0.25, -0.2) is 0 Å². The number of halogens is 1. The van der Waals surface area contributed by atoms with Crippen LogP contribution >= 0.6 is 27.7 Å². The summed E-state index contributed by atoms with van der Waals surface area (Å²) in [5.74, 6) is 0.790. The number of carbonyl (C=O) groups is 1. The Hall–Kier alpha value is -0.740. The second-order valence-electron chi connectivity index (χ2n) is 3.23. The molecule has 0 saturated carbocycles. The van der Waals surface area contributed by atoms with Crippen LogP contribution in [0, 0.1) is 0 Å². The van der Waals surface area contributed by atoms with Gasteiger partial charge in [-0.1, -0.05) is 33.8 Å². The molecule has 0 bridgehead atoms. The van der Waals surface area contributed by atoms with Gasteiger partial charge in [0.2, 0.25) is 0 Å². The number of hydrogen-bond donors (Lipinski definition) is 0. The van der Waals surface area contributed by atoms with E-state index in [2.05, 4.69) is 22.5 Å². The average molecular weight is 284 g/mol. The van der Waals surface area contributed by atoms with Crippen LogP contribution in [0.2, 0.25) is 0 Å². The summed E-state index contributed by atoms with van der Waals surface area (Å²) in [6.45, 7) is 3.75. The van der Waals surface area contributed by atoms with Gasteiger partial charge < -0.3 is 0 Å². The van der Waals surface area contributed by atoms with E-state index in [1.807, 2.05) is 30.3 Å². The second kappa shape index (κ2) is 4.41. The number of anilines is 1. The Kier molecular flexibility index (Phi) is 3.17. The monoisotopic (exact) mass is 283 g/mol. The first kappa shape index (κ1) is 10.8. The molecular weight excluding hydrogens is 274 g/mol. The van der Waals surface area contributed by atoms with Crippen molar-refractivity contribution in [2.24, 2.45) is 0 Å². The number of nitrogens with zero attached hydrogens (tertiary/aromatic N) is 1. The molecule has 0 N–H and O–H groups in total. The molecule has 2 rings (SSSR count). The van der Waals surface area contributed by atoms with Crippen LogP contribution in [0.4, 0.5) is 10.5 Å². The van der Waals surface area contributed by atoms with Gasteiger partial charge in [0.25, 0.3) is 5.24 Å². The minimum Gasteiger partial charge on any atom is -0.296 e. The van der Waals surface area contributed by atoms with E-state index in [1.165, 1.54) is 11.8 Å². The predicted octanol–water partition coefficient (Wildman–Crippen LogP) is 3.68. The Bertz CT molecular complexity index is 390. The first-order valence-corrected chi connectivity index (χ1v) is 6.34. The number of thioether (sulfide) groups is 1. The lowest BCUT2D eigenvalue weighted by molar-refractivity contribution is 0.265.